The van der Waals surface area contributed by atoms with Gasteiger partial charge in [-0.1, -0.05) is 30.3 Å². The minimum absolute atomic E-state index is 0.0281. The number of carbonyl (C=O) groups is 1. The number of rotatable bonds is 3. The molecule has 6 heteroatoms. The second-order valence-corrected chi connectivity index (χ2v) is 7.48. The highest BCUT2D eigenvalue weighted by atomic mass is 16.7. The molecule has 0 aliphatic carbocycles. The molecule has 1 aromatic carbocycles. The van der Waals surface area contributed by atoms with Crippen molar-refractivity contribution in [2.75, 3.05) is 26.3 Å². The largest absolute Gasteiger partial charge is 0.444 e. The molecular weight excluding hydrogens is 308 g/mol. The highest BCUT2D eigenvalue weighted by molar-refractivity contribution is 5.68. The average Bonchev–Trinajstić information content (AvgIpc) is 3.09. The maximum Gasteiger partial charge on any atom is 0.410 e. The maximum atomic E-state index is 12.3. The van der Waals surface area contributed by atoms with Crippen LogP contribution in [0, 0.1) is 5.92 Å². The molecule has 2 aliphatic rings. The summed E-state index contributed by atoms with van der Waals surface area (Å²) in [5, 5.41) is 11.7. The van der Waals surface area contributed by atoms with Gasteiger partial charge in [0.05, 0.1) is 25.3 Å². The van der Waals surface area contributed by atoms with Gasteiger partial charge in [-0.3, -0.25) is 4.84 Å². The normalized spacial score (nSPS) is 25.6. The van der Waals surface area contributed by atoms with Gasteiger partial charge in [-0.05, 0) is 26.3 Å². The Kier molecular flexibility index (Phi) is 4.80. The van der Waals surface area contributed by atoms with Crippen molar-refractivity contribution < 1.29 is 19.5 Å². The average molecular weight is 334 g/mol. The smallest absolute Gasteiger partial charge is 0.410 e. The van der Waals surface area contributed by atoms with Crippen molar-refractivity contribution in [3.8, 4) is 0 Å². The molecule has 1 N–H and O–H groups in total. The summed E-state index contributed by atoms with van der Waals surface area (Å²) in [5.74, 6) is 0.246. The summed E-state index contributed by atoms with van der Waals surface area (Å²) in [6.45, 7) is 7.33. The molecule has 3 atom stereocenters. The Morgan fingerprint density at radius 3 is 2.67 bits per heavy atom. The van der Waals surface area contributed by atoms with Crippen molar-refractivity contribution in [3.05, 3.63) is 35.9 Å². The summed E-state index contributed by atoms with van der Waals surface area (Å²) >= 11 is 0. The van der Waals surface area contributed by atoms with Crippen molar-refractivity contribution in [1.29, 1.82) is 0 Å². The monoisotopic (exact) mass is 334 g/mol. The van der Waals surface area contributed by atoms with Crippen LogP contribution in [0.2, 0.25) is 0 Å². The Hall–Kier alpha value is -1.63. The lowest BCUT2D eigenvalue weighted by Gasteiger charge is -2.30. The van der Waals surface area contributed by atoms with E-state index in [1.165, 1.54) is 0 Å². The molecule has 0 aromatic heterocycles. The fourth-order valence-electron chi connectivity index (χ4n) is 3.39. The summed E-state index contributed by atoms with van der Waals surface area (Å²) < 4.78 is 5.47. The van der Waals surface area contributed by atoms with Gasteiger partial charge in [-0.2, -0.15) is 5.06 Å². The second kappa shape index (κ2) is 6.70. The Morgan fingerprint density at radius 1 is 1.33 bits per heavy atom. The van der Waals surface area contributed by atoms with Crippen LogP contribution >= 0.6 is 0 Å². The highest BCUT2D eigenvalue weighted by Crippen LogP contribution is 2.36. The molecule has 2 heterocycles. The third-order valence-electron chi connectivity index (χ3n) is 4.49. The number of amides is 1. The molecule has 2 aliphatic heterocycles. The van der Waals surface area contributed by atoms with E-state index in [4.69, 9.17) is 9.57 Å². The van der Waals surface area contributed by atoms with Gasteiger partial charge in [-0.15, -0.1) is 0 Å². The number of hydrogen-bond donors (Lipinski definition) is 1. The predicted molar refractivity (Wildman–Crippen MR) is 89.1 cm³/mol. The fourth-order valence-corrected chi connectivity index (χ4v) is 3.39. The topological polar surface area (TPSA) is 62.2 Å². The first-order chi connectivity index (χ1) is 11.4. The van der Waals surface area contributed by atoms with Crippen LogP contribution < -0.4 is 0 Å². The molecule has 0 unspecified atom stereocenters. The summed E-state index contributed by atoms with van der Waals surface area (Å²) in [6.07, 6.45) is -0.280. The number of fused-ring (bicyclic) bond motifs is 1. The molecule has 24 heavy (non-hydrogen) atoms. The van der Waals surface area contributed by atoms with E-state index in [1.807, 2.05) is 56.2 Å². The van der Waals surface area contributed by atoms with E-state index in [1.54, 1.807) is 4.90 Å². The molecule has 2 fully saturated rings. The number of aliphatic hydroxyl groups excluding tert-OH is 1. The Morgan fingerprint density at radius 2 is 2.04 bits per heavy atom. The first-order valence-electron chi connectivity index (χ1n) is 8.44. The van der Waals surface area contributed by atoms with Crippen LogP contribution in [-0.4, -0.2) is 59.1 Å². The number of nitrogens with zero attached hydrogens (tertiary/aromatic N) is 2. The van der Waals surface area contributed by atoms with Gasteiger partial charge < -0.3 is 14.7 Å². The van der Waals surface area contributed by atoms with Crippen molar-refractivity contribution >= 4 is 6.09 Å². The molecule has 0 radical (unpaired) electrons. The van der Waals surface area contributed by atoms with E-state index in [0.29, 0.717) is 19.7 Å². The van der Waals surface area contributed by atoms with Gasteiger partial charge >= 0.3 is 6.09 Å². The number of benzene rings is 1. The molecule has 3 rings (SSSR count). The molecule has 0 bridgehead atoms. The van der Waals surface area contributed by atoms with Crippen molar-refractivity contribution in [3.63, 3.8) is 0 Å². The van der Waals surface area contributed by atoms with Gasteiger partial charge in [0.25, 0.3) is 0 Å². The van der Waals surface area contributed by atoms with Gasteiger partial charge in [0.15, 0.2) is 0 Å². The quantitative estimate of drug-likeness (QED) is 0.918. The van der Waals surface area contributed by atoms with Crippen LogP contribution in [-0.2, 0) is 9.57 Å². The number of likely N-dealkylation sites (tertiary alicyclic amines) is 1. The Balaban J connectivity index is 1.70. The van der Waals surface area contributed by atoms with E-state index in [9.17, 15) is 9.90 Å². The first-order valence-corrected chi connectivity index (χ1v) is 8.44. The Bertz CT molecular complexity index is 572. The number of hydrogen-bond acceptors (Lipinski definition) is 5. The molecular formula is C18H26N2O4. The van der Waals surface area contributed by atoms with Crippen LogP contribution in [0.3, 0.4) is 0 Å². The molecule has 1 amide bonds. The van der Waals surface area contributed by atoms with E-state index in [0.717, 1.165) is 5.56 Å². The number of aliphatic hydroxyl groups is 1. The number of hydroxylamine groups is 2. The van der Waals surface area contributed by atoms with Gasteiger partial charge in [0.1, 0.15) is 5.60 Å². The standard InChI is InChI=1S/C18H26N2O4/c1-18(2,3)24-17(22)19-9-14-12-23-20(15(14)10-19)16(11-21)13-7-5-4-6-8-13/h4-8,14-16,21H,9-12H2,1-3H3/t14-,15-,16+/m1/s1. The number of ether oxygens (including phenoxy) is 1. The van der Waals surface area contributed by atoms with Crippen LogP contribution in [0.5, 0.6) is 0 Å². The fraction of sp³-hybridized carbons (Fsp3) is 0.611. The minimum Gasteiger partial charge on any atom is -0.444 e. The number of carbonyl (C=O) groups excluding carboxylic acids is 1. The van der Waals surface area contributed by atoms with E-state index >= 15 is 0 Å². The van der Waals surface area contributed by atoms with Gasteiger partial charge in [0, 0.05) is 19.0 Å². The van der Waals surface area contributed by atoms with Crippen LogP contribution in [0.15, 0.2) is 30.3 Å². The second-order valence-electron chi connectivity index (χ2n) is 7.48. The lowest BCUT2D eigenvalue weighted by atomic mass is 10.0. The van der Waals surface area contributed by atoms with Crippen molar-refractivity contribution in [1.82, 2.24) is 9.96 Å². The summed E-state index contributed by atoms with van der Waals surface area (Å²) in [6, 6.07) is 9.68. The summed E-state index contributed by atoms with van der Waals surface area (Å²) in [7, 11) is 0. The lowest BCUT2D eigenvalue weighted by molar-refractivity contribution is -0.174. The highest BCUT2D eigenvalue weighted by Gasteiger charge is 2.47. The zero-order valence-corrected chi connectivity index (χ0v) is 14.5. The lowest BCUT2D eigenvalue weighted by Crippen LogP contribution is -2.41. The molecule has 6 nitrogen and oxygen atoms in total. The third kappa shape index (κ3) is 3.55. The molecule has 2 saturated heterocycles. The summed E-state index contributed by atoms with van der Waals surface area (Å²) in [4.78, 5) is 19.9. The predicted octanol–water partition coefficient (Wildman–Crippen LogP) is 2.20. The molecule has 0 saturated carbocycles. The first kappa shape index (κ1) is 17.2. The third-order valence-corrected chi connectivity index (χ3v) is 4.49. The SMILES string of the molecule is CC(C)(C)OC(=O)N1C[C@@H]2CON([C@@H](CO)c3ccccc3)[C@@H]2C1. The van der Waals surface area contributed by atoms with Gasteiger partial charge in [-0.25, -0.2) is 4.79 Å². The minimum atomic E-state index is -0.497. The van der Waals surface area contributed by atoms with E-state index < -0.39 is 5.60 Å². The molecule has 0 spiro atoms. The summed E-state index contributed by atoms with van der Waals surface area (Å²) in [5.41, 5.74) is 0.513. The zero-order chi connectivity index (χ0) is 17.3. The Labute approximate surface area is 142 Å². The van der Waals surface area contributed by atoms with Crippen LogP contribution in [0.25, 0.3) is 0 Å². The maximum absolute atomic E-state index is 12.3. The van der Waals surface area contributed by atoms with E-state index in [2.05, 4.69) is 0 Å². The zero-order valence-electron chi connectivity index (χ0n) is 14.5. The van der Waals surface area contributed by atoms with Crippen LogP contribution in [0.4, 0.5) is 4.79 Å². The van der Waals surface area contributed by atoms with Crippen molar-refractivity contribution in [2.24, 2.45) is 5.92 Å². The molecule has 1 aromatic rings. The van der Waals surface area contributed by atoms with E-state index in [-0.39, 0.29) is 30.7 Å². The van der Waals surface area contributed by atoms with Crippen molar-refractivity contribution in [2.45, 2.75) is 38.5 Å². The van der Waals surface area contributed by atoms with Crippen LogP contribution in [0.1, 0.15) is 32.4 Å². The molecule has 132 valence electrons. The van der Waals surface area contributed by atoms with Gasteiger partial charge in [0.2, 0.25) is 0 Å².